The summed E-state index contributed by atoms with van der Waals surface area (Å²) in [6.07, 6.45) is 6.67. The van der Waals surface area contributed by atoms with Gasteiger partial charge in [-0.1, -0.05) is 0 Å². The van der Waals surface area contributed by atoms with E-state index in [1.165, 1.54) is 0 Å². The minimum atomic E-state index is -0.924. The molecule has 0 unspecified atom stereocenters. The van der Waals surface area contributed by atoms with E-state index in [2.05, 4.69) is 15.4 Å². The van der Waals surface area contributed by atoms with Gasteiger partial charge >= 0.3 is 5.97 Å². The van der Waals surface area contributed by atoms with Crippen LogP contribution in [0.5, 0.6) is 0 Å². The van der Waals surface area contributed by atoms with E-state index in [4.69, 9.17) is 9.72 Å². The predicted molar refractivity (Wildman–Crippen MR) is 104 cm³/mol. The first-order valence-corrected chi connectivity index (χ1v) is 9.62. The average Bonchev–Trinajstić information content (AvgIpc) is 3.18. The largest absolute Gasteiger partial charge is 0.478 e. The molecule has 6 heteroatoms. The normalized spacial score (nSPS) is 19.8. The van der Waals surface area contributed by atoms with Crippen molar-refractivity contribution in [2.45, 2.75) is 25.7 Å². The van der Waals surface area contributed by atoms with Crippen LogP contribution in [-0.4, -0.2) is 46.8 Å². The van der Waals surface area contributed by atoms with Gasteiger partial charge in [0.05, 0.1) is 22.1 Å². The number of aromatic nitrogens is 2. The van der Waals surface area contributed by atoms with Gasteiger partial charge in [-0.05, 0) is 61.4 Å². The molecule has 1 spiro atoms. The van der Waals surface area contributed by atoms with Crippen LogP contribution in [0.3, 0.4) is 0 Å². The van der Waals surface area contributed by atoms with Gasteiger partial charge in [-0.3, -0.25) is 0 Å². The third kappa shape index (κ3) is 2.75. The van der Waals surface area contributed by atoms with Gasteiger partial charge in [0.1, 0.15) is 0 Å². The Bertz CT molecular complexity index is 1010. The maximum absolute atomic E-state index is 11.4. The molecular formula is C21H23N3O3. The molecule has 4 heterocycles. The third-order valence-electron chi connectivity index (χ3n) is 6.36. The number of hydrogen-bond donors (Lipinski definition) is 1. The Morgan fingerprint density at radius 3 is 2.59 bits per heavy atom. The summed E-state index contributed by atoms with van der Waals surface area (Å²) in [5.41, 5.74) is 3.43. The lowest BCUT2D eigenvalue weighted by Gasteiger charge is -2.44. The lowest BCUT2D eigenvalue weighted by atomic mass is 9.72. The predicted octanol–water partition coefficient (Wildman–Crippen LogP) is 3.58. The number of piperidine rings is 1. The zero-order chi connectivity index (χ0) is 18.4. The Morgan fingerprint density at radius 1 is 1.07 bits per heavy atom. The average molecular weight is 365 g/mol. The standard InChI is InChI=1S/C21H23N3O3/c25-20(26)15-3-4-17-16(14-15)22-19(18-2-1-9-24(17)18)23-10-5-21(6-11-23)7-12-27-13-8-21/h1-4,9,14H,5-8,10-13H2,(H,25,26). The van der Waals surface area contributed by atoms with E-state index in [0.717, 1.165) is 74.4 Å². The molecule has 5 rings (SSSR count). The van der Waals surface area contributed by atoms with Crippen molar-refractivity contribution in [2.75, 3.05) is 31.2 Å². The number of fused-ring (bicyclic) bond motifs is 3. The second-order valence-corrected chi connectivity index (χ2v) is 7.81. The van der Waals surface area contributed by atoms with Gasteiger partial charge in [0.2, 0.25) is 0 Å². The van der Waals surface area contributed by atoms with Crippen LogP contribution in [0.15, 0.2) is 36.5 Å². The summed E-state index contributed by atoms with van der Waals surface area (Å²) in [5, 5.41) is 9.32. The molecule has 0 radical (unpaired) electrons. The molecule has 2 aliphatic rings. The summed E-state index contributed by atoms with van der Waals surface area (Å²) in [6, 6.07) is 9.27. The van der Waals surface area contributed by atoms with Crippen molar-refractivity contribution in [1.82, 2.24) is 9.38 Å². The first kappa shape index (κ1) is 16.6. The zero-order valence-corrected chi connectivity index (χ0v) is 15.2. The fourth-order valence-corrected chi connectivity index (χ4v) is 4.62. The minimum Gasteiger partial charge on any atom is -0.478 e. The maximum atomic E-state index is 11.4. The molecule has 6 nitrogen and oxygen atoms in total. The number of hydrogen-bond acceptors (Lipinski definition) is 4. The fourth-order valence-electron chi connectivity index (χ4n) is 4.62. The minimum absolute atomic E-state index is 0.271. The van der Waals surface area contributed by atoms with Crippen molar-refractivity contribution in [3.63, 3.8) is 0 Å². The van der Waals surface area contributed by atoms with Gasteiger partial charge in [0, 0.05) is 32.5 Å². The zero-order valence-electron chi connectivity index (χ0n) is 15.2. The molecule has 2 aliphatic heterocycles. The van der Waals surface area contributed by atoms with Crippen molar-refractivity contribution < 1.29 is 14.6 Å². The van der Waals surface area contributed by atoms with Crippen LogP contribution in [0, 0.1) is 5.41 Å². The summed E-state index contributed by atoms with van der Waals surface area (Å²) in [5.74, 6) is 0.0317. The van der Waals surface area contributed by atoms with Crippen LogP contribution in [0.4, 0.5) is 5.82 Å². The highest BCUT2D eigenvalue weighted by atomic mass is 16.5. The Balaban J connectivity index is 1.54. The molecule has 0 aliphatic carbocycles. The molecule has 0 bridgehead atoms. The first-order chi connectivity index (χ1) is 13.2. The van der Waals surface area contributed by atoms with E-state index < -0.39 is 5.97 Å². The van der Waals surface area contributed by atoms with Crippen molar-refractivity contribution in [3.05, 3.63) is 42.1 Å². The molecular weight excluding hydrogens is 342 g/mol. The summed E-state index contributed by atoms with van der Waals surface area (Å²) >= 11 is 0. The molecule has 0 atom stereocenters. The number of carboxylic acid groups (broad SMARTS) is 1. The van der Waals surface area contributed by atoms with E-state index in [1.54, 1.807) is 12.1 Å². The molecule has 0 amide bonds. The number of nitrogens with zero attached hydrogens (tertiary/aromatic N) is 3. The van der Waals surface area contributed by atoms with E-state index in [-0.39, 0.29) is 5.56 Å². The Labute approximate surface area is 157 Å². The van der Waals surface area contributed by atoms with Crippen molar-refractivity contribution in [2.24, 2.45) is 5.41 Å². The van der Waals surface area contributed by atoms with E-state index in [9.17, 15) is 9.90 Å². The Hall–Kier alpha value is -2.60. The highest BCUT2D eigenvalue weighted by Crippen LogP contribution is 2.42. The van der Waals surface area contributed by atoms with Crippen molar-refractivity contribution >= 4 is 28.3 Å². The highest BCUT2D eigenvalue weighted by molar-refractivity contribution is 5.94. The fraction of sp³-hybridized carbons (Fsp3) is 0.429. The van der Waals surface area contributed by atoms with E-state index >= 15 is 0 Å². The Kier molecular flexibility index (Phi) is 3.82. The number of anilines is 1. The van der Waals surface area contributed by atoms with Gasteiger partial charge in [0.15, 0.2) is 5.82 Å². The second kappa shape index (κ2) is 6.23. The number of rotatable bonds is 2. The van der Waals surface area contributed by atoms with Gasteiger partial charge in [-0.15, -0.1) is 0 Å². The number of benzene rings is 1. The molecule has 27 heavy (non-hydrogen) atoms. The number of ether oxygens (including phenoxy) is 1. The van der Waals surface area contributed by atoms with Crippen molar-refractivity contribution in [1.29, 1.82) is 0 Å². The van der Waals surface area contributed by atoms with Crippen LogP contribution >= 0.6 is 0 Å². The van der Waals surface area contributed by atoms with E-state index in [1.807, 2.05) is 18.3 Å². The summed E-state index contributed by atoms with van der Waals surface area (Å²) in [7, 11) is 0. The smallest absolute Gasteiger partial charge is 0.335 e. The molecule has 1 N–H and O–H groups in total. The van der Waals surface area contributed by atoms with Crippen LogP contribution in [0.2, 0.25) is 0 Å². The van der Waals surface area contributed by atoms with Crippen LogP contribution < -0.4 is 4.90 Å². The van der Waals surface area contributed by atoms with Gasteiger partial charge in [-0.2, -0.15) is 0 Å². The first-order valence-electron chi connectivity index (χ1n) is 9.62. The lowest BCUT2D eigenvalue weighted by Crippen LogP contribution is -2.43. The monoisotopic (exact) mass is 365 g/mol. The molecule has 140 valence electrons. The van der Waals surface area contributed by atoms with E-state index in [0.29, 0.717) is 5.41 Å². The SMILES string of the molecule is O=C(O)c1ccc2c(c1)nc(N1CCC3(CCOCC3)CC1)c1cccn12. The second-order valence-electron chi connectivity index (χ2n) is 7.81. The van der Waals surface area contributed by atoms with Gasteiger partial charge in [-0.25, -0.2) is 9.78 Å². The molecule has 2 fully saturated rings. The Morgan fingerprint density at radius 2 is 1.85 bits per heavy atom. The molecule has 3 aromatic rings. The molecule has 1 aromatic carbocycles. The molecule has 2 saturated heterocycles. The van der Waals surface area contributed by atoms with Crippen LogP contribution in [-0.2, 0) is 4.74 Å². The molecule has 2 aromatic heterocycles. The molecule has 0 saturated carbocycles. The topological polar surface area (TPSA) is 67.1 Å². The maximum Gasteiger partial charge on any atom is 0.335 e. The summed E-state index contributed by atoms with van der Waals surface area (Å²) < 4.78 is 7.67. The number of carboxylic acids is 1. The highest BCUT2D eigenvalue weighted by Gasteiger charge is 2.36. The number of aromatic carboxylic acids is 1. The van der Waals surface area contributed by atoms with Gasteiger partial charge in [0.25, 0.3) is 0 Å². The number of carbonyl (C=O) groups is 1. The van der Waals surface area contributed by atoms with Crippen molar-refractivity contribution in [3.8, 4) is 0 Å². The summed E-state index contributed by atoms with van der Waals surface area (Å²) in [4.78, 5) is 18.6. The quantitative estimate of drug-likeness (QED) is 0.752. The van der Waals surface area contributed by atoms with Crippen LogP contribution in [0.25, 0.3) is 16.6 Å². The van der Waals surface area contributed by atoms with Crippen LogP contribution in [0.1, 0.15) is 36.0 Å². The lowest BCUT2D eigenvalue weighted by molar-refractivity contribution is 0.00208. The third-order valence-corrected chi connectivity index (χ3v) is 6.36. The summed E-state index contributed by atoms with van der Waals surface area (Å²) in [6.45, 7) is 3.74. The van der Waals surface area contributed by atoms with Gasteiger partial charge < -0.3 is 19.1 Å².